The van der Waals surface area contributed by atoms with Crippen LogP contribution in [0.4, 0.5) is 5.69 Å². The van der Waals surface area contributed by atoms with E-state index in [9.17, 15) is 9.90 Å². The van der Waals surface area contributed by atoms with Crippen LogP contribution >= 0.6 is 0 Å². The minimum absolute atomic E-state index is 0.0749. The van der Waals surface area contributed by atoms with Gasteiger partial charge in [0.15, 0.2) is 0 Å². The maximum atomic E-state index is 12.5. The smallest absolute Gasteiger partial charge is 0.253 e. The first-order valence-electron chi connectivity index (χ1n) is 8.31. The van der Waals surface area contributed by atoms with E-state index >= 15 is 0 Å². The van der Waals surface area contributed by atoms with Crippen molar-refractivity contribution in [1.29, 1.82) is 0 Å². The van der Waals surface area contributed by atoms with E-state index in [4.69, 9.17) is 0 Å². The van der Waals surface area contributed by atoms with Gasteiger partial charge >= 0.3 is 0 Å². The average Bonchev–Trinajstić information content (AvgIpc) is 3.02. The lowest BCUT2D eigenvalue weighted by Gasteiger charge is -2.20. The molecule has 0 radical (unpaired) electrons. The number of carbonyl (C=O) groups excluding carboxylic acids is 1. The molecule has 0 aromatic heterocycles. The normalized spacial score (nSPS) is 19.3. The van der Waals surface area contributed by atoms with E-state index in [0.717, 1.165) is 30.8 Å². The van der Waals surface area contributed by atoms with Gasteiger partial charge < -0.3 is 14.9 Å². The Hall–Kier alpha value is -1.55. The maximum absolute atomic E-state index is 12.5. The van der Waals surface area contributed by atoms with Gasteiger partial charge in [-0.1, -0.05) is 13.3 Å². The summed E-state index contributed by atoms with van der Waals surface area (Å²) in [6.45, 7) is 6.43. The van der Waals surface area contributed by atoms with E-state index in [-0.39, 0.29) is 17.9 Å². The Morgan fingerprint density at radius 2 is 2.09 bits per heavy atom. The van der Waals surface area contributed by atoms with Gasteiger partial charge in [0.1, 0.15) is 0 Å². The van der Waals surface area contributed by atoms with Crippen molar-refractivity contribution in [1.82, 2.24) is 4.90 Å². The van der Waals surface area contributed by atoms with Crippen molar-refractivity contribution in [3.63, 3.8) is 0 Å². The number of amides is 1. The predicted octanol–water partition coefficient (Wildman–Crippen LogP) is 2.77. The molecule has 0 spiro atoms. The Labute approximate surface area is 133 Å². The summed E-state index contributed by atoms with van der Waals surface area (Å²) in [5.74, 6) is 0.286. The number of rotatable bonds is 6. The molecular formula is C18H28N2O2. The van der Waals surface area contributed by atoms with Crippen molar-refractivity contribution in [3.05, 3.63) is 29.8 Å². The number of anilines is 1. The number of benzene rings is 1. The summed E-state index contributed by atoms with van der Waals surface area (Å²) in [6.07, 6.45) is 2.90. The van der Waals surface area contributed by atoms with Gasteiger partial charge in [-0.05, 0) is 44.0 Å². The maximum Gasteiger partial charge on any atom is 0.253 e. The van der Waals surface area contributed by atoms with Gasteiger partial charge in [0, 0.05) is 43.9 Å². The standard InChI is InChI=1S/C18H28N2O2/c1-4-5-11-19(3)17-8-6-15(7-9-17)18(22)20-12-10-16(13-20)14(2)21/h6-9,14,16,21H,4-5,10-13H2,1-3H3. The quantitative estimate of drug-likeness (QED) is 0.879. The van der Waals surface area contributed by atoms with Crippen LogP contribution in [-0.2, 0) is 0 Å². The molecule has 1 aliphatic rings. The molecule has 0 bridgehead atoms. The number of hydrogen-bond donors (Lipinski definition) is 1. The minimum atomic E-state index is -0.340. The molecule has 1 aromatic rings. The largest absolute Gasteiger partial charge is 0.393 e. The van der Waals surface area contributed by atoms with Gasteiger partial charge in [0.05, 0.1) is 6.10 Å². The van der Waals surface area contributed by atoms with Crippen LogP contribution in [0.2, 0.25) is 0 Å². The summed E-state index contributed by atoms with van der Waals surface area (Å²) in [5, 5.41) is 9.65. The molecule has 122 valence electrons. The van der Waals surface area contributed by atoms with Crippen molar-refractivity contribution in [3.8, 4) is 0 Å². The molecule has 1 aliphatic heterocycles. The fourth-order valence-electron chi connectivity index (χ4n) is 2.93. The van der Waals surface area contributed by atoms with Gasteiger partial charge in [0.2, 0.25) is 0 Å². The van der Waals surface area contributed by atoms with Crippen molar-refractivity contribution in [2.75, 3.05) is 31.6 Å². The van der Waals surface area contributed by atoms with Crippen LogP contribution in [0.5, 0.6) is 0 Å². The van der Waals surface area contributed by atoms with Gasteiger partial charge in [-0.3, -0.25) is 4.79 Å². The van der Waals surface area contributed by atoms with Crippen LogP contribution in [0.3, 0.4) is 0 Å². The van der Waals surface area contributed by atoms with Gasteiger partial charge in [-0.15, -0.1) is 0 Å². The zero-order valence-electron chi connectivity index (χ0n) is 14.0. The van der Waals surface area contributed by atoms with Crippen molar-refractivity contribution < 1.29 is 9.90 Å². The molecule has 4 heteroatoms. The molecule has 1 saturated heterocycles. The second-order valence-corrected chi connectivity index (χ2v) is 6.36. The Morgan fingerprint density at radius 3 is 2.64 bits per heavy atom. The second kappa shape index (κ2) is 7.63. The minimum Gasteiger partial charge on any atom is -0.393 e. The molecule has 1 heterocycles. The SMILES string of the molecule is CCCCN(C)c1ccc(C(=O)N2CCC(C(C)O)C2)cc1. The van der Waals surface area contributed by atoms with Crippen LogP contribution in [0.15, 0.2) is 24.3 Å². The lowest BCUT2D eigenvalue weighted by molar-refractivity contribution is 0.0762. The number of hydrogen-bond acceptors (Lipinski definition) is 3. The van der Waals surface area contributed by atoms with E-state index in [1.54, 1.807) is 6.92 Å². The van der Waals surface area contributed by atoms with E-state index < -0.39 is 0 Å². The van der Waals surface area contributed by atoms with Crippen molar-refractivity contribution in [2.45, 2.75) is 39.2 Å². The fourth-order valence-corrected chi connectivity index (χ4v) is 2.93. The van der Waals surface area contributed by atoms with Crippen molar-refractivity contribution in [2.24, 2.45) is 5.92 Å². The number of nitrogens with zero attached hydrogens (tertiary/aromatic N) is 2. The van der Waals surface area contributed by atoms with E-state index in [0.29, 0.717) is 6.54 Å². The van der Waals surface area contributed by atoms with Crippen LogP contribution in [0.1, 0.15) is 43.5 Å². The van der Waals surface area contributed by atoms with Crippen LogP contribution in [0.25, 0.3) is 0 Å². The fraction of sp³-hybridized carbons (Fsp3) is 0.611. The van der Waals surface area contributed by atoms with E-state index in [1.807, 2.05) is 29.2 Å². The first-order chi connectivity index (χ1) is 10.5. The molecule has 22 heavy (non-hydrogen) atoms. The third-order valence-electron chi connectivity index (χ3n) is 4.60. The topological polar surface area (TPSA) is 43.8 Å². The van der Waals surface area contributed by atoms with E-state index in [2.05, 4.69) is 18.9 Å². The Morgan fingerprint density at radius 1 is 1.41 bits per heavy atom. The average molecular weight is 304 g/mol. The monoisotopic (exact) mass is 304 g/mol. The molecule has 1 aromatic carbocycles. The third-order valence-corrected chi connectivity index (χ3v) is 4.60. The van der Waals surface area contributed by atoms with Crippen LogP contribution in [0, 0.1) is 5.92 Å². The number of aliphatic hydroxyl groups excluding tert-OH is 1. The van der Waals surface area contributed by atoms with E-state index in [1.165, 1.54) is 12.8 Å². The molecular weight excluding hydrogens is 276 g/mol. The molecule has 4 nitrogen and oxygen atoms in total. The highest BCUT2D eigenvalue weighted by atomic mass is 16.3. The number of likely N-dealkylation sites (tertiary alicyclic amines) is 1. The summed E-state index contributed by atoms with van der Waals surface area (Å²) < 4.78 is 0. The molecule has 0 aliphatic carbocycles. The van der Waals surface area contributed by atoms with Crippen LogP contribution < -0.4 is 4.90 Å². The summed E-state index contributed by atoms with van der Waals surface area (Å²) >= 11 is 0. The number of carbonyl (C=O) groups is 1. The molecule has 0 saturated carbocycles. The highest BCUT2D eigenvalue weighted by molar-refractivity contribution is 5.94. The first kappa shape index (κ1) is 16.8. The second-order valence-electron chi connectivity index (χ2n) is 6.36. The first-order valence-corrected chi connectivity index (χ1v) is 8.31. The highest BCUT2D eigenvalue weighted by Gasteiger charge is 2.29. The summed E-state index contributed by atoms with van der Waals surface area (Å²) in [4.78, 5) is 16.6. The van der Waals surface area contributed by atoms with Gasteiger partial charge in [0.25, 0.3) is 5.91 Å². The predicted molar refractivity (Wildman–Crippen MR) is 90.3 cm³/mol. The zero-order chi connectivity index (χ0) is 16.1. The highest BCUT2D eigenvalue weighted by Crippen LogP contribution is 2.22. The summed E-state index contributed by atoms with van der Waals surface area (Å²) in [5.41, 5.74) is 1.88. The molecule has 2 unspecified atom stereocenters. The zero-order valence-corrected chi connectivity index (χ0v) is 14.0. The molecule has 2 atom stereocenters. The van der Waals surface area contributed by atoms with Gasteiger partial charge in [-0.2, -0.15) is 0 Å². The Bertz CT molecular complexity index is 484. The lowest BCUT2D eigenvalue weighted by atomic mass is 10.0. The van der Waals surface area contributed by atoms with Crippen LogP contribution in [-0.4, -0.2) is 48.7 Å². The Balaban J connectivity index is 1.97. The third kappa shape index (κ3) is 4.01. The molecule has 2 rings (SSSR count). The molecule has 1 fully saturated rings. The summed E-state index contributed by atoms with van der Waals surface area (Å²) in [6, 6.07) is 7.86. The molecule has 1 N–H and O–H groups in total. The number of aliphatic hydroxyl groups is 1. The van der Waals surface area contributed by atoms with Gasteiger partial charge in [-0.25, -0.2) is 0 Å². The molecule has 1 amide bonds. The summed E-state index contributed by atoms with van der Waals surface area (Å²) in [7, 11) is 2.08. The lowest BCUT2D eigenvalue weighted by Crippen LogP contribution is -2.30. The Kier molecular flexibility index (Phi) is 5.83. The number of unbranched alkanes of at least 4 members (excludes halogenated alkanes) is 1. The van der Waals surface area contributed by atoms with Crippen molar-refractivity contribution >= 4 is 11.6 Å².